The van der Waals surface area contributed by atoms with E-state index in [1.165, 1.54) is 0 Å². The zero-order valence-electron chi connectivity index (χ0n) is 15.8. The van der Waals surface area contributed by atoms with Crippen molar-refractivity contribution in [3.05, 3.63) is 0 Å². The number of piperidine rings is 1. The molecule has 1 saturated heterocycles. The van der Waals surface area contributed by atoms with Crippen LogP contribution in [0.5, 0.6) is 0 Å². The summed E-state index contributed by atoms with van der Waals surface area (Å²) in [6, 6.07) is 0. The summed E-state index contributed by atoms with van der Waals surface area (Å²) in [6.07, 6.45) is 9.92. The van der Waals surface area contributed by atoms with Crippen molar-refractivity contribution in [2.24, 2.45) is 11.3 Å². The Balaban J connectivity index is 2.26. The van der Waals surface area contributed by atoms with E-state index >= 15 is 0 Å². The van der Waals surface area contributed by atoms with Gasteiger partial charge in [-0.3, -0.25) is 9.69 Å². The molecule has 138 valence electrons. The Bertz CT molecular complexity index is 405. The number of nitrogens with one attached hydrogen (secondary N) is 1. The maximum absolute atomic E-state index is 12.4. The minimum Gasteiger partial charge on any atom is -0.356 e. The first-order valence-electron chi connectivity index (χ1n) is 8.91. The van der Waals surface area contributed by atoms with E-state index < -0.39 is 0 Å². The van der Waals surface area contributed by atoms with Gasteiger partial charge in [-0.15, -0.1) is 6.42 Å². The lowest BCUT2D eigenvalue weighted by Gasteiger charge is -2.31. The standard InChI is InChI=1S/C19H34N2O3/c1-6-12-21-13-9-16(10-14-21)18(22)20-15-19(2,3)11-7-8-17(23-4)24-5/h1,16-17H,7-15H2,2-5H3,(H,20,22). The van der Waals surface area contributed by atoms with Crippen molar-refractivity contribution in [1.82, 2.24) is 10.2 Å². The van der Waals surface area contributed by atoms with Crippen LogP contribution in [0.15, 0.2) is 0 Å². The molecular weight excluding hydrogens is 304 g/mol. The van der Waals surface area contributed by atoms with Crippen LogP contribution in [0.4, 0.5) is 0 Å². The molecule has 0 radical (unpaired) electrons. The Morgan fingerprint density at radius 2 is 1.96 bits per heavy atom. The molecule has 0 atom stereocenters. The van der Waals surface area contributed by atoms with Gasteiger partial charge in [-0.1, -0.05) is 19.8 Å². The number of terminal acetylenes is 1. The quantitative estimate of drug-likeness (QED) is 0.490. The van der Waals surface area contributed by atoms with Crippen molar-refractivity contribution in [3.8, 4) is 12.3 Å². The fraction of sp³-hybridized carbons (Fsp3) is 0.842. The predicted molar refractivity (Wildman–Crippen MR) is 96.4 cm³/mol. The van der Waals surface area contributed by atoms with Gasteiger partial charge < -0.3 is 14.8 Å². The highest BCUT2D eigenvalue weighted by molar-refractivity contribution is 5.78. The molecule has 0 bridgehead atoms. The van der Waals surface area contributed by atoms with Crippen LogP contribution >= 0.6 is 0 Å². The number of rotatable bonds is 10. The lowest BCUT2D eigenvalue weighted by Crippen LogP contribution is -2.43. The van der Waals surface area contributed by atoms with Gasteiger partial charge in [0.25, 0.3) is 0 Å². The summed E-state index contributed by atoms with van der Waals surface area (Å²) >= 11 is 0. The number of methoxy groups -OCH3 is 2. The van der Waals surface area contributed by atoms with E-state index in [0.717, 1.165) is 45.2 Å². The number of hydrogen-bond donors (Lipinski definition) is 1. The molecule has 1 heterocycles. The first-order valence-corrected chi connectivity index (χ1v) is 8.91. The highest BCUT2D eigenvalue weighted by Crippen LogP contribution is 2.24. The number of carbonyl (C=O) groups is 1. The molecule has 24 heavy (non-hydrogen) atoms. The summed E-state index contributed by atoms with van der Waals surface area (Å²) < 4.78 is 10.4. The van der Waals surface area contributed by atoms with Crippen LogP contribution in [0.2, 0.25) is 0 Å². The molecule has 0 aliphatic carbocycles. The average molecular weight is 338 g/mol. The van der Waals surface area contributed by atoms with Crippen LogP contribution in [-0.4, -0.2) is 57.5 Å². The van der Waals surface area contributed by atoms with Gasteiger partial charge in [0.1, 0.15) is 0 Å². The second kappa shape index (κ2) is 10.7. The third-order valence-corrected chi connectivity index (χ3v) is 4.83. The van der Waals surface area contributed by atoms with Crippen LogP contribution in [0.25, 0.3) is 0 Å². The SMILES string of the molecule is C#CCN1CCC(C(=O)NCC(C)(C)CCCC(OC)OC)CC1. The predicted octanol–water partition coefficient (Wildman–Crippen LogP) is 2.26. The van der Waals surface area contributed by atoms with Gasteiger partial charge in [-0.25, -0.2) is 0 Å². The van der Waals surface area contributed by atoms with Gasteiger partial charge in [-0.2, -0.15) is 0 Å². The van der Waals surface area contributed by atoms with E-state index in [2.05, 4.69) is 30.0 Å². The van der Waals surface area contributed by atoms with E-state index in [9.17, 15) is 4.79 Å². The summed E-state index contributed by atoms with van der Waals surface area (Å²) in [7, 11) is 3.32. The third-order valence-electron chi connectivity index (χ3n) is 4.83. The molecular formula is C19H34N2O3. The first-order chi connectivity index (χ1) is 11.4. The molecule has 0 aromatic carbocycles. The topological polar surface area (TPSA) is 50.8 Å². The number of amides is 1. The summed E-state index contributed by atoms with van der Waals surface area (Å²) in [6.45, 7) is 7.61. The van der Waals surface area contributed by atoms with Crippen LogP contribution in [0.1, 0.15) is 46.0 Å². The molecule has 1 rings (SSSR count). The van der Waals surface area contributed by atoms with Crippen molar-refractivity contribution < 1.29 is 14.3 Å². The molecule has 1 fully saturated rings. The van der Waals surface area contributed by atoms with Gasteiger partial charge in [-0.05, 0) is 50.6 Å². The minimum absolute atomic E-state index is 0.0753. The summed E-state index contributed by atoms with van der Waals surface area (Å²) in [5, 5.41) is 3.15. The summed E-state index contributed by atoms with van der Waals surface area (Å²) in [4.78, 5) is 14.6. The highest BCUT2D eigenvalue weighted by atomic mass is 16.7. The third kappa shape index (κ3) is 7.65. The Labute approximate surface area is 147 Å². The van der Waals surface area contributed by atoms with E-state index in [4.69, 9.17) is 15.9 Å². The molecule has 0 aromatic heterocycles. The zero-order chi connectivity index (χ0) is 18.0. The maximum atomic E-state index is 12.4. The Hall–Kier alpha value is -1.09. The van der Waals surface area contributed by atoms with Gasteiger partial charge in [0.15, 0.2) is 6.29 Å². The summed E-state index contributed by atoms with van der Waals surface area (Å²) in [5.74, 6) is 2.99. The Morgan fingerprint density at radius 1 is 1.33 bits per heavy atom. The van der Waals surface area contributed by atoms with Crippen LogP contribution in [0, 0.1) is 23.7 Å². The van der Waals surface area contributed by atoms with Gasteiger partial charge in [0.05, 0.1) is 6.54 Å². The summed E-state index contributed by atoms with van der Waals surface area (Å²) in [5.41, 5.74) is 0.0753. The Kier molecular flexibility index (Phi) is 9.35. The first kappa shape index (κ1) is 21.0. The van der Waals surface area contributed by atoms with E-state index in [0.29, 0.717) is 13.1 Å². The van der Waals surface area contributed by atoms with E-state index in [1.807, 2.05) is 0 Å². The maximum Gasteiger partial charge on any atom is 0.223 e. The van der Waals surface area contributed by atoms with Crippen molar-refractivity contribution in [2.75, 3.05) is 40.4 Å². The molecule has 0 spiro atoms. The highest BCUT2D eigenvalue weighted by Gasteiger charge is 2.26. The molecule has 1 aliphatic rings. The molecule has 5 nitrogen and oxygen atoms in total. The Morgan fingerprint density at radius 3 is 2.50 bits per heavy atom. The molecule has 1 amide bonds. The van der Waals surface area contributed by atoms with Gasteiger partial charge in [0, 0.05) is 26.7 Å². The number of ether oxygens (including phenoxy) is 2. The lowest BCUT2D eigenvalue weighted by molar-refractivity contribution is -0.127. The van der Waals surface area contributed by atoms with Crippen molar-refractivity contribution in [1.29, 1.82) is 0 Å². The fourth-order valence-corrected chi connectivity index (χ4v) is 3.12. The number of likely N-dealkylation sites (tertiary alicyclic amines) is 1. The van der Waals surface area contributed by atoms with Gasteiger partial charge in [0.2, 0.25) is 5.91 Å². The molecule has 1 N–H and O–H groups in total. The molecule has 0 unspecified atom stereocenters. The zero-order valence-corrected chi connectivity index (χ0v) is 15.8. The van der Waals surface area contributed by atoms with Crippen molar-refractivity contribution in [3.63, 3.8) is 0 Å². The largest absolute Gasteiger partial charge is 0.356 e. The molecule has 0 aromatic rings. The smallest absolute Gasteiger partial charge is 0.223 e. The number of nitrogens with zero attached hydrogens (tertiary/aromatic N) is 1. The normalized spacial score (nSPS) is 17.0. The number of carbonyl (C=O) groups excluding carboxylic acids is 1. The number of hydrogen-bond acceptors (Lipinski definition) is 4. The molecule has 1 aliphatic heterocycles. The van der Waals surface area contributed by atoms with Crippen LogP contribution in [-0.2, 0) is 14.3 Å². The second-order valence-corrected chi connectivity index (χ2v) is 7.43. The van der Waals surface area contributed by atoms with Gasteiger partial charge >= 0.3 is 0 Å². The van der Waals surface area contributed by atoms with Crippen LogP contribution < -0.4 is 5.32 Å². The minimum atomic E-state index is -0.136. The molecule has 5 heteroatoms. The van der Waals surface area contributed by atoms with Crippen molar-refractivity contribution in [2.45, 2.75) is 52.2 Å². The van der Waals surface area contributed by atoms with E-state index in [-0.39, 0.29) is 23.5 Å². The molecule has 0 saturated carbocycles. The average Bonchev–Trinajstić information content (AvgIpc) is 2.58. The fourth-order valence-electron chi connectivity index (χ4n) is 3.12. The monoisotopic (exact) mass is 338 g/mol. The van der Waals surface area contributed by atoms with Crippen molar-refractivity contribution >= 4 is 5.91 Å². The lowest BCUT2D eigenvalue weighted by atomic mass is 9.86. The van der Waals surface area contributed by atoms with Crippen LogP contribution in [0.3, 0.4) is 0 Å². The second-order valence-electron chi connectivity index (χ2n) is 7.43. The van der Waals surface area contributed by atoms with E-state index in [1.54, 1.807) is 14.2 Å².